The van der Waals surface area contributed by atoms with Gasteiger partial charge in [0.15, 0.2) is 5.82 Å². The molecule has 0 fully saturated rings. The third-order valence-electron chi connectivity index (χ3n) is 2.45. The Bertz CT molecular complexity index is 672. The van der Waals surface area contributed by atoms with E-state index in [1.54, 1.807) is 13.0 Å². The van der Waals surface area contributed by atoms with E-state index in [4.69, 9.17) is 16.1 Å². The predicted molar refractivity (Wildman–Crippen MR) is 73.9 cm³/mol. The Morgan fingerprint density at radius 1 is 1.43 bits per heavy atom. The van der Waals surface area contributed by atoms with Gasteiger partial charge in [0.1, 0.15) is 16.6 Å². The maximum Gasteiger partial charge on any atom is 0.274 e. The van der Waals surface area contributed by atoms with E-state index in [-0.39, 0.29) is 17.4 Å². The summed E-state index contributed by atoms with van der Waals surface area (Å²) in [6.07, 6.45) is 2.60. The second-order valence-electron chi connectivity index (χ2n) is 4.26. The zero-order valence-electron chi connectivity index (χ0n) is 11.3. The first-order valence-electron chi connectivity index (χ1n) is 5.92. The van der Waals surface area contributed by atoms with Crippen LogP contribution in [0, 0.1) is 6.92 Å². The number of nitrogens with zero attached hydrogens (tertiary/aromatic N) is 4. The van der Waals surface area contributed by atoms with Gasteiger partial charge in [-0.15, -0.1) is 0 Å². The van der Waals surface area contributed by atoms with E-state index in [1.165, 1.54) is 24.3 Å². The number of amides is 2. The molecule has 2 heterocycles. The van der Waals surface area contributed by atoms with Gasteiger partial charge in [-0.2, -0.15) is 0 Å². The number of carbonyl (C=O) groups excluding carboxylic acids is 2. The number of anilines is 1. The van der Waals surface area contributed by atoms with E-state index in [0.29, 0.717) is 11.6 Å². The molecule has 8 nitrogen and oxygen atoms in total. The molecule has 2 aromatic heterocycles. The maximum atomic E-state index is 12.0. The molecular weight excluding hydrogens is 298 g/mol. The monoisotopic (exact) mass is 309 g/mol. The lowest BCUT2D eigenvalue weighted by molar-refractivity contribution is -0.116. The van der Waals surface area contributed by atoms with Crippen molar-refractivity contribution in [2.45, 2.75) is 6.92 Å². The zero-order chi connectivity index (χ0) is 15.4. The highest BCUT2D eigenvalue weighted by atomic mass is 35.5. The number of likely N-dealkylation sites (N-methyl/N-ethyl adjacent to an activating group) is 1. The van der Waals surface area contributed by atoms with Crippen LogP contribution in [0.3, 0.4) is 0 Å². The smallest absolute Gasteiger partial charge is 0.274 e. The number of aryl methyl sites for hydroxylation is 1. The van der Waals surface area contributed by atoms with Gasteiger partial charge in [-0.3, -0.25) is 14.6 Å². The van der Waals surface area contributed by atoms with E-state index in [2.05, 4.69) is 20.4 Å². The number of carbonyl (C=O) groups is 2. The maximum absolute atomic E-state index is 12.0. The molecule has 0 aromatic carbocycles. The molecular formula is C12H12ClN5O3. The summed E-state index contributed by atoms with van der Waals surface area (Å²) in [6.45, 7) is 1.54. The molecule has 9 heteroatoms. The van der Waals surface area contributed by atoms with Crippen LogP contribution in [0.5, 0.6) is 0 Å². The molecule has 0 unspecified atom stereocenters. The number of nitrogens with one attached hydrogen (secondary N) is 1. The van der Waals surface area contributed by atoms with Crippen LogP contribution in [-0.2, 0) is 4.79 Å². The predicted octanol–water partition coefficient (Wildman–Crippen LogP) is 1.14. The fourth-order valence-corrected chi connectivity index (χ4v) is 1.68. The molecule has 0 aliphatic heterocycles. The van der Waals surface area contributed by atoms with Gasteiger partial charge < -0.3 is 14.7 Å². The molecule has 2 rings (SSSR count). The summed E-state index contributed by atoms with van der Waals surface area (Å²) in [5, 5.41) is 6.25. The summed E-state index contributed by atoms with van der Waals surface area (Å²) < 4.78 is 4.82. The third kappa shape index (κ3) is 3.99. The minimum absolute atomic E-state index is 0.0649. The van der Waals surface area contributed by atoms with Crippen molar-refractivity contribution in [3.05, 3.63) is 35.1 Å². The van der Waals surface area contributed by atoms with Crippen LogP contribution < -0.4 is 5.32 Å². The van der Waals surface area contributed by atoms with Gasteiger partial charge in [0, 0.05) is 13.1 Å². The van der Waals surface area contributed by atoms with Crippen LogP contribution in [0.1, 0.15) is 16.2 Å². The molecule has 0 aliphatic carbocycles. The van der Waals surface area contributed by atoms with Crippen molar-refractivity contribution in [2.24, 2.45) is 0 Å². The normalized spacial score (nSPS) is 10.2. The highest BCUT2D eigenvalue weighted by molar-refractivity contribution is 6.29. The molecule has 0 bridgehead atoms. The van der Waals surface area contributed by atoms with E-state index in [0.717, 1.165) is 0 Å². The van der Waals surface area contributed by atoms with Crippen molar-refractivity contribution in [2.75, 3.05) is 18.9 Å². The van der Waals surface area contributed by atoms with Crippen molar-refractivity contribution >= 4 is 29.2 Å². The van der Waals surface area contributed by atoms with E-state index in [9.17, 15) is 9.59 Å². The molecule has 0 aliphatic rings. The Kier molecular flexibility index (Phi) is 4.49. The fraction of sp³-hybridized carbons (Fsp3) is 0.250. The van der Waals surface area contributed by atoms with Crippen molar-refractivity contribution < 1.29 is 14.1 Å². The molecule has 21 heavy (non-hydrogen) atoms. The standard InChI is InChI=1S/C12H12ClN5O3/c1-7-3-10(17-21-7)16-11(19)6-18(2)12(20)8-4-14-5-9(13)15-8/h3-5H,6H2,1-2H3,(H,16,17,19). The van der Waals surface area contributed by atoms with Gasteiger partial charge in [0.05, 0.1) is 18.9 Å². The van der Waals surface area contributed by atoms with E-state index < -0.39 is 11.8 Å². The summed E-state index contributed by atoms with van der Waals surface area (Å²) in [5.74, 6) is -0.00421. The summed E-state index contributed by atoms with van der Waals surface area (Å²) in [6, 6.07) is 1.57. The highest BCUT2D eigenvalue weighted by Gasteiger charge is 2.17. The minimum Gasteiger partial charge on any atom is -0.360 e. The van der Waals surface area contributed by atoms with Crippen molar-refractivity contribution in [1.82, 2.24) is 20.0 Å². The van der Waals surface area contributed by atoms with Crippen molar-refractivity contribution in [1.29, 1.82) is 0 Å². The van der Waals surface area contributed by atoms with Gasteiger partial charge in [0.25, 0.3) is 5.91 Å². The summed E-state index contributed by atoms with van der Waals surface area (Å²) in [7, 11) is 1.47. The van der Waals surface area contributed by atoms with Crippen LogP contribution in [0.25, 0.3) is 0 Å². The third-order valence-corrected chi connectivity index (χ3v) is 2.63. The first-order valence-corrected chi connectivity index (χ1v) is 6.29. The van der Waals surface area contributed by atoms with Crippen molar-refractivity contribution in [3.63, 3.8) is 0 Å². The Morgan fingerprint density at radius 2 is 2.19 bits per heavy atom. The van der Waals surface area contributed by atoms with Gasteiger partial charge in [-0.25, -0.2) is 4.98 Å². The average Bonchev–Trinajstić information content (AvgIpc) is 2.82. The molecule has 110 valence electrons. The lowest BCUT2D eigenvalue weighted by Gasteiger charge is -2.15. The quantitative estimate of drug-likeness (QED) is 0.908. The van der Waals surface area contributed by atoms with E-state index in [1.807, 2.05) is 0 Å². The Morgan fingerprint density at radius 3 is 2.81 bits per heavy atom. The van der Waals surface area contributed by atoms with Crippen LogP contribution in [0.2, 0.25) is 5.15 Å². The molecule has 0 saturated heterocycles. The van der Waals surface area contributed by atoms with E-state index >= 15 is 0 Å². The molecule has 2 aromatic rings. The van der Waals surface area contributed by atoms with Gasteiger partial charge >= 0.3 is 0 Å². The van der Waals surface area contributed by atoms with Gasteiger partial charge in [0.2, 0.25) is 5.91 Å². The lowest BCUT2D eigenvalue weighted by atomic mass is 10.3. The Hall–Kier alpha value is -2.48. The second kappa shape index (κ2) is 6.31. The largest absolute Gasteiger partial charge is 0.360 e. The average molecular weight is 310 g/mol. The van der Waals surface area contributed by atoms with Crippen LogP contribution in [-0.4, -0.2) is 45.4 Å². The number of hydrogen-bond donors (Lipinski definition) is 1. The van der Waals surface area contributed by atoms with Crippen LogP contribution in [0.15, 0.2) is 23.0 Å². The van der Waals surface area contributed by atoms with Crippen molar-refractivity contribution in [3.8, 4) is 0 Å². The molecule has 1 N–H and O–H groups in total. The number of halogens is 1. The van der Waals surface area contributed by atoms with Crippen LogP contribution >= 0.6 is 11.6 Å². The Labute approximate surface area is 125 Å². The number of aromatic nitrogens is 3. The molecule has 2 amide bonds. The molecule has 0 spiro atoms. The summed E-state index contributed by atoms with van der Waals surface area (Å²) in [5.41, 5.74) is 0.0649. The first-order chi connectivity index (χ1) is 9.95. The molecule has 0 radical (unpaired) electrons. The summed E-state index contributed by atoms with van der Waals surface area (Å²) >= 11 is 5.67. The lowest BCUT2D eigenvalue weighted by Crippen LogP contribution is -2.35. The van der Waals surface area contributed by atoms with Gasteiger partial charge in [-0.1, -0.05) is 16.8 Å². The Balaban J connectivity index is 1.95. The fourth-order valence-electron chi connectivity index (χ4n) is 1.54. The number of rotatable bonds is 4. The topological polar surface area (TPSA) is 101 Å². The molecule has 0 saturated carbocycles. The van der Waals surface area contributed by atoms with Crippen LogP contribution in [0.4, 0.5) is 5.82 Å². The minimum atomic E-state index is -0.462. The summed E-state index contributed by atoms with van der Waals surface area (Å²) in [4.78, 5) is 32.6. The number of hydrogen-bond acceptors (Lipinski definition) is 6. The second-order valence-corrected chi connectivity index (χ2v) is 4.65. The molecule has 0 atom stereocenters. The van der Waals surface area contributed by atoms with Gasteiger partial charge in [-0.05, 0) is 6.92 Å². The SMILES string of the molecule is Cc1cc(NC(=O)CN(C)C(=O)c2cncc(Cl)n2)no1. The first kappa shape index (κ1) is 14.9. The zero-order valence-corrected chi connectivity index (χ0v) is 12.1. The highest BCUT2D eigenvalue weighted by Crippen LogP contribution is 2.08.